The lowest BCUT2D eigenvalue weighted by Gasteiger charge is -2.37. The number of unbranched alkanes of at least 4 members (excludes halogenated alkanes) is 1. The zero-order chi connectivity index (χ0) is 26.4. The molecule has 0 aliphatic carbocycles. The number of nitrogens with zero attached hydrogens (tertiary/aromatic N) is 2. The smallest absolute Gasteiger partial charge is 0.251 e. The highest BCUT2D eigenvalue weighted by Gasteiger charge is 2.37. The zero-order valence-corrected chi connectivity index (χ0v) is 21.6. The van der Waals surface area contributed by atoms with Gasteiger partial charge in [0.25, 0.3) is 5.91 Å². The predicted octanol–water partition coefficient (Wildman–Crippen LogP) is 4.10. The number of nitrogens with one attached hydrogen (secondary N) is 1. The first-order valence-electron chi connectivity index (χ1n) is 12.2. The van der Waals surface area contributed by atoms with Gasteiger partial charge in [0.1, 0.15) is 23.2 Å². The molecule has 0 unspecified atom stereocenters. The van der Waals surface area contributed by atoms with Crippen LogP contribution in [0.3, 0.4) is 0 Å². The average molecular weight is 534 g/mol. The molecule has 0 radical (unpaired) electrons. The molecule has 0 saturated carbocycles. The Kier molecular flexibility index (Phi) is 8.65. The van der Waals surface area contributed by atoms with Gasteiger partial charge in [-0.05, 0) is 37.8 Å². The number of allylic oxidation sites excluding steroid dienone is 1. The fourth-order valence-electron chi connectivity index (χ4n) is 4.04. The molecule has 2 aliphatic rings. The van der Waals surface area contributed by atoms with Crippen molar-refractivity contribution >= 4 is 28.6 Å². The lowest BCUT2D eigenvalue weighted by molar-refractivity contribution is -0.123. The van der Waals surface area contributed by atoms with Crippen molar-refractivity contribution in [3.63, 3.8) is 0 Å². The summed E-state index contributed by atoms with van der Waals surface area (Å²) in [5.41, 5.74) is -0.146. The zero-order valence-electron chi connectivity index (χ0n) is 20.8. The van der Waals surface area contributed by atoms with E-state index in [9.17, 15) is 18.4 Å². The molecule has 1 spiro atoms. The molecule has 3 heterocycles. The normalized spacial score (nSPS) is 21.7. The number of rotatable bonds is 7. The van der Waals surface area contributed by atoms with E-state index in [0.717, 1.165) is 23.8 Å². The second-order valence-corrected chi connectivity index (χ2v) is 10.2. The highest BCUT2D eigenvalue weighted by atomic mass is 32.1. The van der Waals surface area contributed by atoms with E-state index in [-0.39, 0.29) is 47.1 Å². The Morgan fingerprint density at radius 1 is 1.19 bits per heavy atom. The Morgan fingerprint density at radius 3 is 2.70 bits per heavy atom. The summed E-state index contributed by atoms with van der Waals surface area (Å²) in [5.74, 6) is -2.39. The molecule has 0 atom stereocenters. The minimum Gasteiger partial charge on any atom is -0.498 e. The monoisotopic (exact) mass is 533 g/mol. The standard InChI is InChI=1S/C26H29F2N3O5S/c1-3-4-9-36-23-16(2)24(33)29-26(7-10-34-11-8-26)15-35-14-19(22(23)32)25-31-30-21(37-25)12-17-5-6-18(27)13-20(17)28/h5-6,13-14H,3-4,7-12,15H2,1-2H3,(H,29,33)/b19-14+,23-16-. The van der Waals surface area contributed by atoms with Crippen molar-refractivity contribution in [2.24, 2.45) is 0 Å². The fourth-order valence-corrected chi connectivity index (χ4v) is 4.90. The van der Waals surface area contributed by atoms with Gasteiger partial charge in [0.15, 0.2) is 10.8 Å². The van der Waals surface area contributed by atoms with Gasteiger partial charge in [-0.3, -0.25) is 9.59 Å². The average Bonchev–Trinajstić information content (AvgIpc) is 3.34. The van der Waals surface area contributed by atoms with Crippen molar-refractivity contribution < 1.29 is 32.6 Å². The Balaban J connectivity index is 1.68. The number of halogens is 2. The van der Waals surface area contributed by atoms with Crippen LogP contribution in [0.5, 0.6) is 0 Å². The van der Waals surface area contributed by atoms with Crippen LogP contribution in [0.1, 0.15) is 55.1 Å². The van der Waals surface area contributed by atoms with Gasteiger partial charge >= 0.3 is 0 Å². The van der Waals surface area contributed by atoms with Crippen LogP contribution in [0.4, 0.5) is 8.78 Å². The molecule has 2 aliphatic heterocycles. The molecule has 1 aromatic heterocycles. The minimum absolute atomic E-state index is 0.0757. The Morgan fingerprint density at radius 2 is 1.97 bits per heavy atom. The molecule has 1 N–H and O–H groups in total. The number of hydrogen-bond acceptors (Lipinski definition) is 8. The third kappa shape index (κ3) is 6.40. The van der Waals surface area contributed by atoms with Crippen LogP contribution in [0.15, 0.2) is 35.8 Å². The molecule has 37 heavy (non-hydrogen) atoms. The van der Waals surface area contributed by atoms with Gasteiger partial charge in [0, 0.05) is 25.7 Å². The Hall–Kier alpha value is -3.18. The van der Waals surface area contributed by atoms with Crippen molar-refractivity contribution in [1.29, 1.82) is 0 Å². The first kappa shape index (κ1) is 26.9. The third-order valence-corrected chi connectivity index (χ3v) is 7.28. The van der Waals surface area contributed by atoms with Crippen LogP contribution >= 0.6 is 11.3 Å². The maximum Gasteiger partial charge on any atom is 0.251 e. The predicted molar refractivity (Wildman–Crippen MR) is 132 cm³/mol. The number of ketones is 1. The molecule has 1 amide bonds. The summed E-state index contributed by atoms with van der Waals surface area (Å²) >= 11 is 1.09. The lowest BCUT2D eigenvalue weighted by Crippen LogP contribution is -2.55. The van der Waals surface area contributed by atoms with Gasteiger partial charge < -0.3 is 19.5 Å². The van der Waals surface area contributed by atoms with Crippen molar-refractivity contribution in [2.75, 3.05) is 26.4 Å². The molecule has 1 aromatic carbocycles. The van der Waals surface area contributed by atoms with E-state index in [4.69, 9.17) is 14.2 Å². The minimum atomic E-state index is -0.688. The highest BCUT2D eigenvalue weighted by molar-refractivity contribution is 7.12. The topological polar surface area (TPSA) is 99.6 Å². The third-order valence-electron chi connectivity index (χ3n) is 6.32. The Bertz CT molecular complexity index is 1220. The number of hydrogen-bond donors (Lipinski definition) is 1. The number of aromatic nitrogens is 2. The molecule has 1 fully saturated rings. The number of carbonyl (C=O) groups is 2. The van der Waals surface area contributed by atoms with Crippen LogP contribution in [-0.4, -0.2) is 53.9 Å². The molecule has 0 bridgehead atoms. The number of carbonyl (C=O) groups excluding carboxylic acids is 2. The summed E-state index contributed by atoms with van der Waals surface area (Å²) in [6, 6.07) is 3.33. The first-order chi connectivity index (χ1) is 17.8. The highest BCUT2D eigenvalue weighted by Crippen LogP contribution is 2.29. The SMILES string of the molecule is CCCCO/C1=C(/C)C(=O)NC2(CCOCC2)CO/C=C(/c2nnc(Cc3ccc(F)cc3F)s2)C1=O. The van der Waals surface area contributed by atoms with Gasteiger partial charge in [-0.15, -0.1) is 10.2 Å². The van der Waals surface area contributed by atoms with E-state index in [0.29, 0.717) is 37.5 Å². The van der Waals surface area contributed by atoms with E-state index < -0.39 is 28.9 Å². The van der Waals surface area contributed by atoms with Crippen LogP contribution in [0.25, 0.3) is 5.57 Å². The van der Waals surface area contributed by atoms with E-state index in [1.807, 2.05) is 6.92 Å². The summed E-state index contributed by atoms with van der Waals surface area (Å²) in [7, 11) is 0. The summed E-state index contributed by atoms with van der Waals surface area (Å²) in [6.07, 6.45) is 4.07. The molecule has 2 aromatic rings. The summed E-state index contributed by atoms with van der Waals surface area (Å²) in [4.78, 5) is 26.8. The van der Waals surface area contributed by atoms with Gasteiger partial charge in [-0.1, -0.05) is 30.7 Å². The van der Waals surface area contributed by atoms with Crippen molar-refractivity contribution in [3.8, 4) is 0 Å². The summed E-state index contributed by atoms with van der Waals surface area (Å²) < 4.78 is 44.6. The maximum atomic E-state index is 14.2. The van der Waals surface area contributed by atoms with Crippen molar-refractivity contribution in [2.45, 2.75) is 51.5 Å². The fraction of sp³-hybridized carbons (Fsp3) is 0.462. The number of Topliss-reactive ketones (excluding diaryl/α,β-unsaturated/α-hetero) is 1. The van der Waals surface area contributed by atoms with Crippen LogP contribution in [-0.2, 0) is 30.2 Å². The molecule has 11 heteroatoms. The molecular weight excluding hydrogens is 504 g/mol. The first-order valence-corrected chi connectivity index (χ1v) is 13.0. The number of ether oxygens (including phenoxy) is 3. The van der Waals surface area contributed by atoms with Gasteiger partial charge in [-0.25, -0.2) is 8.78 Å². The van der Waals surface area contributed by atoms with Crippen LogP contribution in [0.2, 0.25) is 0 Å². The van der Waals surface area contributed by atoms with Gasteiger partial charge in [0.2, 0.25) is 5.78 Å². The summed E-state index contributed by atoms with van der Waals surface area (Å²) in [5, 5.41) is 12.0. The van der Waals surface area contributed by atoms with Gasteiger partial charge in [-0.2, -0.15) is 0 Å². The van der Waals surface area contributed by atoms with E-state index in [1.165, 1.54) is 18.4 Å². The van der Waals surface area contributed by atoms with Gasteiger partial charge in [0.05, 0.1) is 29.6 Å². The quantitative estimate of drug-likeness (QED) is 0.535. The van der Waals surface area contributed by atoms with Crippen molar-refractivity contribution in [3.05, 3.63) is 63.0 Å². The number of amides is 1. The van der Waals surface area contributed by atoms with Crippen LogP contribution < -0.4 is 5.32 Å². The Labute approximate surface area is 217 Å². The van der Waals surface area contributed by atoms with Crippen molar-refractivity contribution in [1.82, 2.24) is 15.5 Å². The molecule has 198 valence electrons. The van der Waals surface area contributed by atoms with E-state index in [1.54, 1.807) is 6.92 Å². The molecular formula is C26H29F2N3O5S. The van der Waals surface area contributed by atoms with Crippen LogP contribution in [0, 0.1) is 11.6 Å². The maximum absolute atomic E-state index is 14.2. The second kappa shape index (κ2) is 11.9. The second-order valence-electron chi connectivity index (χ2n) is 9.09. The van der Waals surface area contributed by atoms with E-state index >= 15 is 0 Å². The number of benzene rings is 1. The molecule has 4 rings (SSSR count). The lowest BCUT2D eigenvalue weighted by atomic mass is 9.90. The van der Waals surface area contributed by atoms with E-state index in [2.05, 4.69) is 15.5 Å². The summed E-state index contributed by atoms with van der Waals surface area (Å²) in [6.45, 7) is 4.91. The molecule has 8 nitrogen and oxygen atoms in total. The molecule has 1 saturated heterocycles. The largest absolute Gasteiger partial charge is 0.498 e.